The number of methoxy groups -OCH3 is 1. The number of amides is 2. The second-order valence-corrected chi connectivity index (χ2v) is 6.30. The molecule has 1 aromatic heterocycles. The lowest BCUT2D eigenvalue weighted by Gasteiger charge is -2.14. The number of aryl methyl sites for hydroxylation is 1. The Morgan fingerprint density at radius 2 is 2.04 bits per heavy atom. The maximum absolute atomic E-state index is 12.0. The molecule has 126 valence electrons. The number of carbonyl (C=O) groups is 3. The molecule has 0 atom stereocenters. The first-order valence-corrected chi connectivity index (χ1v) is 8.20. The number of nitrogens with one attached hydrogen (secondary N) is 2. The fourth-order valence-electron chi connectivity index (χ4n) is 2.21. The van der Waals surface area contributed by atoms with Crippen LogP contribution < -0.4 is 10.6 Å². The van der Waals surface area contributed by atoms with E-state index in [-0.39, 0.29) is 19.1 Å². The van der Waals surface area contributed by atoms with Crippen molar-refractivity contribution in [2.45, 2.75) is 26.7 Å². The smallest absolute Gasteiger partial charge is 0.341 e. The Labute approximate surface area is 138 Å². The van der Waals surface area contributed by atoms with Crippen LogP contribution in [-0.4, -0.2) is 38.2 Å². The van der Waals surface area contributed by atoms with Gasteiger partial charge < -0.3 is 14.8 Å². The van der Waals surface area contributed by atoms with Crippen LogP contribution in [0.2, 0.25) is 0 Å². The van der Waals surface area contributed by atoms with Gasteiger partial charge in [0.2, 0.25) is 0 Å². The molecule has 1 aliphatic rings. The first-order chi connectivity index (χ1) is 10.9. The van der Waals surface area contributed by atoms with E-state index >= 15 is 0 Å². The van der Waals surface area contributed by atoms with Crippen LogP contribution in [0.25, 0.3) is 0 Å². The van der Waals surface area contributed by atoms with Crippen molar-refractivity contribution in [1.29, 1.82) is 0 Å². The van der Waals surface area contributed by atoms with E-state index in [0.29, 0.717) is 23.4 Å². The van der Waals surface area contributed by atoms with Gasteiger partial charge in [0.15, 0.2) is 0 Å². The number of thiophene rings is 1. The molecular weight excluding hydrogens is 320 g/mol. The van der Waals surface area contributed by atoms with Crippen LogP contribution in [0.5, 0.6) is 0 Å². The van der Waals surface area contributed by atoms with Gasteiger partial charge in [-0.05, 0) is 37.6 Å². The molecule has 1 saturated carbocycles. The van der Waals surface area contributed by atoms with Gasteiger partial charge in [0, 0.05) is 6.54 Å². The quantitative estimate of drug-likeness (QED) is 0.775. The van der Waals surface area contributed by atoms with Crippen molar-refractivity contribution in [2.24, 2.45) is 5.41 Å². The van der Waals surface area contributed by atoms with Crippen LogP contribution >= 0.6 is 11.3 Å². The molecule has 0 spiro atoms. The zero-order valence-electron chi connectivity index (χ0n) is 13.4. The number of rotatable bonds is 6. The van der Waals surface area contributed by atoms with E-state index < -0.39 is 17.4 Å². The van der Waals surface area contributed by atoms with E-state index in [1.54, 1.807) is 19.2 Å². The van der Waals surface area contributed by atoms with Crippen molar-refractivity contribution in [3.8, 4) is 0 Å². The highest BCUT2D eigenvalue weighted by molar-refractivity contribution is 7.15. The predicted octanol–water partition coefficient (Wildman–Crippen LogP) is 2.31. The highest BCUT2D eigenvalue weighted by Crippen LogP contribution is 2.46. The zero-order valence-corrected chi connectivity index (χ0v) is 14.2. The second kappa shape index (κ2) is 6.99. The lowest BCUT2D eigenvalue weighted by molar-refractivity contribution is -0.146. The number of urea groups is 1. The van der Waals surface area contributed by atoms with E-state index in [1.165, 1.54) is 18.4 Å². The molecule has 0 bridgehead atoms. The Morgan fingerprint density at radius 1 is 1.35 bits per heavy atom. The number of hydrogen-bond donors (Lipinski definition) is 2. The van der Waals surface area contributed by atoms with Crippen molar-refractivity contribution in [2.75, 3.05) is 25.6 Å². The summed E-state index contributed by atoms with van der Waals surface area (Å²) in [5, 5.41) is 7.51. The Bertz CT molecular complexity index is 621. The first kappa shape index (κ1) is 17.3. The zero-order chi connectivity index (χ0) is 17.0. The maximum Gasteiger partial charge on any atom is 0.341 e. The van der Waals surface area contributed by atoms with E-state index in [1.807, 2.05) is 0 Å². The Morgan fingerprint density at radius 3 is 2.61 bits per heavy atom. The molecule has 23 heavy (non-hydrogen) atoms. The molecule has 1 aliphatic carbocycles. The number of anilines is 1. The van der Waals surface area contributed by atoms with Crippen LogP contribution in [0.3, 0.4) is 0 Å². The Kier molecular flexibility index (Phi) is 5.25. The highest BCUT2D eigenvalue weighted by Gasteiger charge is 2.51. The lowest BCUT2D eigenvalue weighted by Crippen LogP contribution is -2.37. The fourth-order valence-corrected chi connectivity index (χ4v) is 3.14. The summed E-state index contributed by atoms with van der Waals surface area (Å²) in [7, 11) is 1.34. The van der Waals surface area contributed by atoms with Gasteiger partial charge in [-0.25, -0.2) is 9.59 Å². The molecule has 1 heterocycles. The molecule has 0 radical (unpaired) electrons. The van der Waals surface area contributed by atoms with Gasteiger partial charge >= 0.3 is 18.0 Å². The molecule has 2 rings (SSSR count). The van der Waals surface area contributed by atoms with Gasteiger partial charge in [-0.15, -0.1) is 11.3 Å². The molecule has 7 nitrogen and oxygen atoms in total. The lowest BCUT2D eigenvalue weighted by atomic mass is 10.1. The summed E-state index contributed by atoms with van der Waals surface area (Å²) in [6, 6.07) is -0.465. The van der Waals surface area contributed by atoms with E-state index in [9.17, 15) is 14.4 Å². The van der Waals surface area contributed by atoms with Gasteiger partial charge in [0.05, 0.1) is 24.7 Å². The monoisotopic (exact) mass is 340 g/mol. The Hall–Kier alpha value is -2.09. The summed E-state index contributed by atoms with van der Waals surface area (Å²) in [5.74, 6) is -0.772. The van der Waals surface area contributed by atoms with Crippen LogP contribution in [0.1, 0.15) is 35.7 Å². The summed E-state index contributed by atoms with van der Waals surface area (Å²) in [6.45, 7) is 3.98. The number of esters is 2. The molecule has 0 unspecified atom stereocenters. The topological polar surface area (TPSA) is 93.7 Å². The van der Waals surface area contributed by atoms with Crippen molar-refractivity contribution < 1.29 is 23.9 Å². The number of hydrogen-bond acceptors (Lipinski definition) is 6. The second-order valence-electron chi connectivity index (χ2n) is 5.42. The van der Waals surface area contributed by atoms with Crippen molar-refractivity contribution in [1.82, 2.24) is 5.32 Å². The summed E-state index contributed by atoms with van der Waals surface area (Å²) >= 11 is 1.25. The van der Waals surface area contributed by atoms with E-state index in [2.05, 4.69) is 10.6 Å². The van der Waals surface area contributed by atoms with Crippen molar-refractivity contribution >= 4 is 34.3 Å². The van der Waals surface area contributed by atoms with Crippen LogP contribution in [-0.2, 0) is 14.3 Å². The standard InChI is InChI=1S/C15H20N2O5S/c1-4-22-12(18)10-9(2)7-23-11(10)17-14(20)16-8-15(5-6-15)13(19)21-3/h7H,4-6,8H2,1-3H3,(H2,16,17,20). The third-order valence-electron chi connectivity index (χ3n) is 3.74. The van der Waals surface area contributed by atoms with Gasteiger partial charge in [-0.3, -0.25) is 10.1 Å². The third-order valence-corrected chi connectivity index (χ3v) is 4.75. The SMILES string of the molecule is CCOC(=O)c1c(C)csc1NC(=O)NCC1(C(=O)OC)CC1. The molecule has 0 saturated heterocycles. The van der Waals surface area contributed by atoms with Gasteiger partial charge in [-0.1, -0.05) is 0 Å². The molecule has 1 aromatic rings. The van der Waals surface area contributed by atoms with E-state index in [0.717, 1.165) is 5.56 Å². The van der Waals surface area contributed by atoms with Gasteiger partial charge in [0.1, 0.15) is 5.00 Å². The highest BCUT2D eigenvalue weighted by atomic mass is 32.1. The van der Waals surface area contributed by atoms with Gasteiger partial charge in [-0.2, -0.15) is 0 Å². The molecule has 1 fully saturated rings. The molecule has 2 N–H and O–H groups in total. The summed E-state index contributed by atoms with van der Waals surface area (Å²) in [6.07, 6.45) is 1.40. The molecule has 8 heteroatoms. The largest absolute Gasteiger partial charge is 0.469 e. The van der Waals surface area contributed by atoms with Crippen molar-refractivity contribution in [3.05, 3.63) is 16.5 Å². The van der Waals surface area contributed by atoms with Crippen molar-refractivity contribution in [3.63, 3.8) is 0 Å². The summed E-state index contributed by atoms with van der Waals surface area (Å²) < 4.78 is 9.73. The fraction of sp³-hybridized carbons (Fsp3) is 0.533. The van der Waals surface area contributed by atoms with Crippen LogP contribution in [0.15, 0.2) is 5.38 Å². The molecule has 0 aliphatic heterocycles. The summed E-state index contributed by atoms with van der Waals surface area (Å²) in [5.41, 5.74) is 0.514. The average Bonchev–Trinajstić information content (AvgIpc) is 3.23. The Balaban J connectivity index is 1.96. The molecule has 0 aromatic carbocycles. The third kappa shape index (κ3) is 3.82. The minimum Gasteiger partial charge on any atom is -0.469 e. The normalized spacial score (nSPS) is 14.7. The first-order valence-electron chi connectivity index (χ1n) is 7.32. The number of carbonyl (C=O) groups excluding carboxylic acids is 3. The predicted molar refractivity (Wildman–Crippen MR) is 85.7 cm³/mol. The minimum absolute atomic E-state index is 0.213. The maximum atomic E-state index is 12.0. The van der Waals surface area contributed by atoms with Crippen LogP contribution in [0.4, 0.5) is 9.80 Å². The van der Waals surface area contributed by atoms with E-state index in [4.69, 9.17) is 9.47 Å². The van der Waals surface area contributed by atoms with Gasteiger partial charge in [0.25, 0.3) is 0 Å². The minimum atomic E-state index is -0.596. The molecular formula is C15H20N2O5S. The number of ether oxygens (including phenoxy) is 2. The van der Waals surface area contributed by atoms with Crippen LogP contribution in [0, 0.1) is 12.3 Å². The average molecular weight is 340 g/mol. The molecule has 2 amide bonds. The summed E-state index contributed by atoms with van der Waals surface area (Å²) in [4.78, 5) is 35.6.